The molecule has 0 aliphatic heterocycles. The van der Waals surface area contributed by atoms with Crippen LogP contribution in [0.3, 0.4) is 0 Å². The first-order valence-corrected chi connectivity index (χ1v) is 21.1. The number of sulfonamides is 4. The van der Waals surface area contributed by atoms with Gasteiger partial charge in [0, 0.05) is 0 Å². The molecular weight excluding hydrogens is 717 g/mol. The van der Waals surface area contributed by atoms with E-state index in [0.29, 0.717) is 0 Å². The van der Waals surface area contributed by atoms with E-state index >= 15 is 0 Å². The number of benzene rings is 5. The molecule has 1 unspecified atom stereocenters. The minimum Gasteiger partial charge on any atom is -0.206 e. The second-order valence-electron chi connectivity index (χ2n) is 12.3. The minimum atomic E-state index is -5.03. The van der Waals surface area contributed by atoms with E-state index in [9.17, 15) is 33.7 Å². The fourth-order valence-corrected chi connectivity index (χ4v) is 13.0. The Bertz CT molecular complexity index is 2230. The number of rotatable bonds is 12. The number of nitrogens with zero attached hydrogens (tertiary/aromatic N) is 2. The summed E-state index contributed by atoms with van der Waals surface area (Å²) >= 11 is 0. The van der Waals surface area contributed by atoms with E-state index in [1.165, 1.54) is 109 Å². The summed E-state index contributed by atoms with van der Waals surface area (Å²) in [5.41, 5.74) is 0.488. The standard InChI is InChI=1S/C36H36N2O8S4/c1-36(2,3)30-26-24-29(25-27-30)35(38(49(43,44)33-20-12-6-13-21-33)50(45,46)34-22-14-7-15-23-34)28-37(47(39,40)31-16-8-4-9-17-31)48(41,42)32-18-10-5-11-19-32/h4-27,35H,28H2,1-3H3. The fourth-order valence-electron chi connectivity index (χ4n) is 5.24. The molecule has 0 spiro atoms. The van der Waals surface area contributed by atoms with Gasteiger partial charge in [0.2, 0.25) is 0 Å². The first-order chi connectivity index (χ1) is 23.5. The third kappa shape index (κ3) is 7.45. The van der Waals surface area contributed by atoms with Crippen molar-refractivity contribution in [1.82, 2.24) is 7.42 Å². The molecule has 0 amide bonds. The lowest BCUT2D eigenvalue weighted by Gasteiger charge is -2.34. The second kappa shape index (κ2) is 14.2. The molecular formula is C36H36N2O8S4. The van der Waals surface area contributed by atoms with Crippen LogP contribution < -0.4 is 0 Å². The van der Waals surface area contributed by atoms with E-state index < -0.39 is 72.3 Å². The van der Waals surface area contributed by atoms with Crippen LogP contribution in [0.5, 0.6) is 0 Å². The Hall–Kier alpha value is -4.18. The summed E-state index contributed by atoms with van der Waals surface area (Å²) in [6, 6.07) is 31.6. The van der Waals surface area contributed by atoms with E-state index in [1.807, 2.05) is 20.8 Å². The molecule has 5 aromatic carbocycles. The van der Waals surface area contributed by atoms with Crippen molar-refractivity contribution in [2.75, 3.05) is 6.54 Å². The van der Waals surface area contributed by atoms with Crippen molar-refractivity contribution >= 4 is 40.1 Å². The Morgan fingerprint density at radius 2 is 0.740 bits per heavy atom. The summed E-state index contributed by atoms with van der Waals surface area (Å²) in [6.45, 7) is 4.71. The molecule has 10 nitrogen and oxygen atoms in total. The van der Waals surface area contributed by atoms with Gasteiger partial charge >= 0.3 is 0 Å². The van der Waals surface area contributed by atoms with Crippen LogP contribution in [0.2, 0.25) is 0 Å². The summed E-state index contributed by atoms with van der Waals surface area (Å²) in [5, 5.41) is 0. The van der Waals surface area contributed by atoms with Crippen LogP contribution in [-0.2, 0) is 45.5 Å². The van der Waals surface area contributed by atoms with E-state index in [4.69, 9.17) is 0 Å². The zero-order valence-corrected chi connectivity index (χ0v) is 30.7. The van der Waals surface area contributed by atoms with Gasteiger partial charge in [-0.15, -0.1) is 0 Å². The van der Waals surface area contributed by atoms with Crippen LogP contribution in [0, 0.1) is 0 Å². The van der Waals surface area contributed by atoms with Crippen LogP contribution in [0.4, 0.5) is 0 Å². The Morgan fingerprint density at radius 1 is 0.440 bits per heavy atom. The highest BCUT2D eigenvalue weighted by atomic mass is 32.3. The van der Waals surface area contributed by atoms with Gasteiger partial charge in [0.1, 0.15) is 0 Å². The van der Waals surface area contributed by atoms with Gasteiger partial charge in [0.25, 0.3) is 40.1 Å². The Morgan fingerprint density at radius 3 is 1.04 bits per heavy atom. The molecule has 0 saturated carbocycles. The highest BCUT2D eigenvalue weighted by molar-refractivity contribution is 8.04. The second-order valence-corrected chi connectivity index (χ2v) is 20.2. The van der Waals surface area contributed by atoms with Crippen molar-refractivity contribution in [2.24, 2.45) is 0 Å². The molecule has 0 heterocycles. The van der Waals surface area contributed by atoms with Gasteiger partial charge in [-0.05, 0) is 65.1 Å². The smallest absolute Gasteiger partial charge is 0.206 e. The van der Waals surface area contributed by atoms with Crippen LogP contribution in [0.1, 0.15) is 37.9 Å². The maximum absolute atomic E-state index is 14.6. The lowest BCUT2D eigenvalue weighted by Crippen LogP contribution is -2.47. The van der Waals surface area contributed by atoms with Gasteiger partial charge in [-0.3, -0.25) is 0 Å². The zero-order valence-electron chi connectivity index (χ0n) is 27.4. The SMILES string of the molecule is CC(C)(C)c1ccc(C(CN(S(=O)(=O)c2ccccc2)S(=O)(=O)c2ccccc2)N(S(=O)(=O)c2ccccc2)S(=O)(=O)c2ccccc2)cc1. The largest absolute Gasteiger partial charge is 0.256 e. The van der Waals surface area contributed by atoms with Gasteiger partial charge in [0.05, 0.1) is 32.2 Å². The zero-order chi connectivity index (χ0) is 36.4. The highest BCUT2D eigenvalue weighted by Crippen LogP contribution is 2.38. The summed E-state index contributed by atoms with van der Waals surface area (Å²) in [6.07, 6.45) is 0. The molecule has 0 aliphatic rings. The predicted octanol–water partition coefficient (Wildman–Crippen LogP) is 6.18. The van der Waals surface area contributed by atoms with Crippen LogP contribution in [-0.4, -0.2) is 47.6 Å². The predicted molar refractivity (Wildman–Crippen MR) is 191 cm³/mol. The van der Waals surface area contributed by atoms with Crippen molar-refractivity contribution in [3.63, 3.8) is 0 Å². The van der Waals surface area contributed by atoms with Crippen LogP contribution in [0.25, 0.3) is 0 Å². The van der Waals surface area contributed by atoms with E-state index in [-0.39, 0.29) is 18.4 Å². The third-order valence-electron chi connectivity index (χ3n) is 7.91. The van der Waals surface area contributed by atoms with Crippen molar-refractivity contribution in [1.29, 1.82) is 0 Å². The molecule has 0 fully saturated rings. The molecule has 1 atom stereocenters. The minimum absolute atomic E-state index is 0.0357. The molecule has 0 bridgehead atoms. The molecule has 50 heavy (non-hydrogen) atoms. The average Bonchev–Trinajstić information content (AvgIpc) is 3.10. The highest BCUT2D eigenvalue weighted by Gasteiger charge is 2.47. The van der Waals surface area contributed by atoms with Crippen molar-refractivity contribution < 1.29 is 33.7 Å². The Labute approximate surface area is 294 Å². The first-order valence-electron chi connectivity index (χ1n) is 15.4. The summed E-state index contributed by atoms with van der Waals surface area (Å²) in [4.78, 5) is -1.60. The van der Waals surface area contributed by atoms with Gasteiger partial charge in [-0.25, -0.2) is 33.7 Å². The van der Waals surface area contributed by atoms with Crippen LogP contribution >= 0.6 is 0 Å². The van der Waals surface area contributed by atoms with Crippen molar-refractivity contribution in [3.05, 3.63) is 157 Å². The molecule has 0 radical (unpaired) electrons. The topological polar surface area (TPSA) is 143 Å². The average molecular weight is 753 g/mol. The molecule has 0 saturated heterocycles. The van der Waals surface area contributed by atoms with Gasteiger partial charge < -0.3 is 0 Å². The van der Waals surface area contributed by atoms with E-state index in [2.05, 4.69) is 0 Å². The number of hydrogen-bond acceptors (Lipinski definition) is 8. The molecule has 0 N–H and O–H groups in total. The van der Waals surface area contributed by atoms with Crippen molar-refractivity contribution in [2.45, 2.75) is 51.8 Å². The van der Waals surface area contributed by atoms with Gasteiger partial charge in [-0.1, -0.05) is 125 Å². The Kier molecular flexibility index (Phi) is 10.5. The molecule has 5 aromatic rings. The van der Waals surface area contributed by atoms with Crippen LogP contribution in [0.15, 0.2) is 165 Å². The monoisotopic (exact) mass is 752 g/mol. The molecule has 14 heteroatoms. The maximum atomic E-state index is 14.6. The maximum Gasteiger partial charge on any atom is 0.256 e. The van der Waals surface area contributed by atoms with E-state index in [1.54, 1.807) is 36.4 Å². The quantitative estimate of drug-likeness (QED) is 0.147. The normalized spacial score (nSPS) is 13.7. The lowest BCUT2D eigenvalue weighted by molar-refractivity contribution is 0.382. The first kappa shape index (κ1) is 37.1. The fraction of sp³-hybridized carbons (Fsp3) is 0.167. The summed E-state index contributed by atoms with van der Waals surface area (Å²) in [7, 11) is -20.0. The molecule has 5 rings (SSSR count). The third-order valence-corrected chi connectivity index (χ3v) is 16.6. The molecule has 0 aliphatic carbocycles. The summed E-state index contributed by atoms with van der Waals surface area (Å²) in [5.74, 6) is 0. The molecule has 262 valence electrons. The summed E-state index contributed by atoms with van der Waals surface area (Å²) < 4.78 is 117. The lowest BCUT2D eigenvalue weighted by atomic mass is 9.86. The van der Waals surface area contributed by atoms with Crippen molar-refractivity contribution in [3.8, 4) is 0 Å². The van der Waals surface area contributed by atoms with Gasteiger partial charge in [0.15, 0.2) is 0 Å². The number of hydrogen-bond donors (Lipinski definition) is 0. The Balaban J connectivity index is 1.85. The molecule has 0 aromatic heterocycles. The van der Waals surface area contributed by atoms with Gasteiger partial charge in [-0.2, -0.15) is 0 Å². The van der Waals surface area contributed by atoms with E-state index in [0.717, 1.165) is 5.56 Å².